The predicted octanol–water partition coefficient (Wildman–Crippen LogP) is 2.00. The Hall–Kier alpha value is -0.560. The number of rotatable bonds is 8. The third kappa shape index (κ3) is 6.87. The Morgan fingerprint density at radius 3 is 2.00 bits per heavy atom. The molecule has 0 aliphatic carbocycles. The van der Waals surface area contributed by atoms with Gasteiger partial charge < -0.3 is 15.5 Å². The van der Waals surface area contributed by atoms with E-state index < -0.39 is 5.41 Å². The molecule has 0 radical (unpaired) electrons. The Labute approximate surface area is 171 Å². The van der Waals surface area contributed by atoms with Gasteiger partial charge in [0.2, 0.25) is 11.8 Å². The molecule has 8 heteroatoms. The number of halogens is 2. The van der Waals surface area contributed by atoms with Crippen LogP contribution < -0.4 is 5.73 Å². The van der Waals surface area contributed by atoms with Crippen LogP contribution in [0.3, 0.4) is 0 Å². The van der Waals surface area contributed by atoms with Gasteiger partial charge in [0.25, 0.3) is 0 Å². The number of nitrogens with zero attached hydrogens (tertiary/aromatic N) is 3. The lowest BCUT2D eigenvalue weighted by Crippen LogP contribution is -2.49. The summed E-state index contributed by atoms with van der Waals surface area (Å²) in [5, 5.41) is 0. The van der Waals surface area contributed by atoms with Crippen LogP contribution in [0.1, 0.15) is 47.0 Å². The van der Waals surface area contributed by atoms with Gasteiger partial charge in [-0.05, 0) is 33.1 Å². The summed E-state index contributed by atoms with van der Waals surface area (Å²) in [5.74, 6) is 0.366. The van der Waals surface area contributed by atoms with Crippen LogP contribution in [0.5, 0.6) is 0 Å². The summed E-state index contributed by atoms with van der Waals surface area (Å²) >= 11 is 0. The Morgan fingerprint density at radius 2 is 1.54 bits per heavy atom. The molecule has 0 spiro atoms. The Bertz CT molecular complexity index is 408. The summed E-state index contributed by atoms with van der Waals surface area (Å²) < 4.78 is 0. The normalized spacial score (nSPS) is 15.5. The summed E-state index contributed by atoms with van der Waals surface area (Å²) in [4.78, 5) is 31.2. The predicted molar refractivity (Wildman–Crippen MR) is 112 cm³/mol. The van der Waals surface area contributed by atoms with Gasteiger partial charge in [0.05, 0.1) is 12.0 Å². The maximum atomic E-state index is 12.9. The number of likely N-dealkylation sites (N-methyl/N-ethyl adjacent to an activating group) is 1. The molecule has 0 saturated carbocycles. The smallest absolute Gasteiger partial charge is 0.236 e. The molecule has 6 nitrogen and oxygen atoms in total. The molecule has 0 aromatic carbocycles. The van der Waals surface area contributed by atoms with Crippen LogP contribution in [0, 0.1) is 5.41 Å². The molecule has 26 heavy (non-hydrogen) atoms. The number of carbonyl (C=O) groups excluding carboxylic acids is 2. The minimum Gasteiger partial charge on any atom is -0.342 e. The van der Waals surface area contributed by atoms with Crippen molar-refractivity contribution in [2.24, 2.45) is 11.1 Å². The molecular formula is C18H38Cl2N4O2. The number of amides is 2. The SMILES string of the molecule is CCN(CC)C(=O)CN1CCCN(C(=O)C(CC)(CC)CN)CC1.Cl.Cl. The van der Waals surface area contributed by atoms with Crippen molar-refractivity contribution in [3.8, 4) is 0 Å². The summed E-state index contributed by atoms with van der Waals surface area (Å²) in [6.45, 7) is 13.5. The van der Waals surface area contributed by atoms with Crippen molar-refractivity contribution in [3.05, 3.63) is 0 Å². The quantitative estimate of drug-likeness (QED) is 0.661. The third-order valence-corrected chi connectivity index (χ3v) is 5.55. The zero-order chi connectivity index (χ0) is 18.2. The summed E-state index contributed by atoms with van der Waals surface area (Å²) in [7, 11) is 0. The molecule has 1 heterocycles. The topological polar surface area (TPSA) is 69.9 Å². The van der Waals surface area contributed by atoms with E-state index >= 15 is 0 Å². The zero-order valence-electron chi connectivity index (χ0n) is 16.8. The number of hydrogen-bond acceptors (Lipinski definition) is 4. The van der Waals surface area contributed by atoms with E-state index in [1.807, 2.05) is 37.5 Å². The minimum absolute atomic E-state index is 0. The van der Waals surface area contributed by atoms with Crippen LogP contribution in [-0.4, -0.2) is 78.9 Å². The van der Waals surface area contributed by atoms with E-state index in [1.165, 1.54) is 0 Å². The second kappa shape index (κ2) is 13.6. The maximum absolute atomic E-state index is 12.9. The van der Waals surface area contributed by atoms with E-state index in [0.717, 1.165) is 52.0 Å². The van der Waals surface area contributed by atoms with Crippen molar-refractivity contribution in [1.82, 2.24) is 14.7 Å². The fourth-order valence-electron chi connectivity index (χ4n) is 3.46. The van der Waals surface area contributed by atoms with Gasteiger partial charge in [-0.3, -0.25) is 14.5 Å². The molecule has 1 aliphatic rings. The lowest BCUT2D eigenvalue weighted by molar-refractivity contribution is -0.142. The highest BCUT2D eigenvalue weighted by atomic mass is 35.5. The van der Waals surface area contributed by atoms with Crippen molar-refractivity contribution in [1.29, 1.82) is 0 Å². The zero-order valence-corrected chi connectivity index (χ0v) is 18.5. The molecule has 156 valence electrons. The highest BCUT2D eigenvalue weighted by molar-refractivity contribution is 5.85. The van der Waals surface area contributed by atoms with E-state index in [0.29, 0.717) is 19.6 Å². The lowest BCUT2D eigenvalue weighted by atomic mass is 9.81. The van der Waals surface area contributed by atoms with Gasteiger partial charge in [0, 0.05) is 45.8 Å². The molecule has 0 atom stereocenters. The minimum atomic E-state index is -0.424. The molecule has 1 rings (SSSR count). The molecule has 0 aromatic heterocycles. The first-order valence-electron chi connectivity index (χ1n) is 9.47. The van der Waals surface area contributed by atoms with Crippen LogP contribution in [-0.2, 0) is 9.59 Å². The molecule has 1 aliphatic heterocycles. The van der Waals surface area contributed by atoms with Gasteiger partial charge in [-0.2, -0.15) is 0 Å². The van der Waals surface area contributed by atoms with Gasteiger partial charge in [-0.15, -0.1) is 24.8 Å². The van der Waals surface area contributed by atoms with Crippen LogP contribution in [0.25, 0.3) is 0 Å². The molecule has 1 fully saturated rings. The average molecular weight is 413 g/mol. The Balaban J connectivity index is 0. The molecule has 1 saturated heterocycles. The van der Waals surface area contributed by atoms with Crippen molar-refractivity contribution < 1.29 is 9.59 Å². The van der Waals surface area contributed by atoms with Crippen LogP contribution in [0.2, 0.25) is 0 Å². The number of carbonyl (C=O) groups is 2. The summed E-state index contributed by atoms with van der Waals surface area (Å²) in [6.07, 6.45) is 2.46. The van der Waals surface area contributed by atoms with Gasteiger partial charge in [0.1, 0.15) is 0 Å². The van der Waals surface area contributed by atoms with E-state index in [9.17, 15) is 9.59 Å². The van der Waals surface area contributed by atoms with Crippen molar-refractivity contribution in [2.75, 3.05) is 52.4 Å². The average Bonchev–Trinajstić information content (AvgIpc) is 2.83. The third-order valence-electron chi connectivity index (χ3n) is 5.55. The molecule has 0 unspecified atom stereocenters. The van der Waals surface area contributed by atoms with Gasteiger partial charge in [-0.25, -0.2) is 0 Å². The monoisotopic (exact) mass is 412 g/mol. The van der Waals surface area contributed by atoms with Crippen molar-refractivity contribution >= 4 is 36.6 Å². The standard InChI is InChI=1S/C18H36N4O2.2ClH/c1-5-18(6-2,15-19)17(24)22-11-9-10-20(12-13-22)14-16(23)21(7-3)8-4;;/h5-15,19H2,1-4H3;2*1H. The van der Waals surface area contributed by atoms with E-state index in [1.54, 1.807) is 0 Å². The number of nitrogens with two attached hydrogens (primary N) is 1. The first-order chi connectivity index (χ1) is 11.5. The summed E-state index contributed by atoms with van der Waals surface area (Å²) in [5.41, 5.74) is 5.50. The molecule has 2 amide bonds. The van der Waals surface area contributed by atoms with E-state index in [2.05, 4.69) is 4.90 Å². The largest absolute Gasteiger partial charge is 0.342 e. The summed E-state index contributed by atoms with van der Waals surface area (Å²) in [6, 6.07) is 0. The second-order valence-corrected chi connectivity index (χ2v) is 6.68. The maximum Gasteiger partial charge on any atom is 0.236 e. The fourth-order valence-corrected chi connectivity index (χ4v) is 3.46. The van der Waals surface area contributed by atoms with Crippen LogP contribution in [0.15, 0.2) is 0 Å². The fraction of sp³-hybridized carbons (Fsp3) is 0.889. The van der Waals surface area contributed by atoms with Gasteiger partial charge in [-0.1, -0.05) is 13.8 Å². The highest BCUT2D eigenvalue weighted by Crippen LogP contribution is 2.28. The molecule has 0 aromatic rings. The Kier molecular flexibility index (Phi) is 14.5. The Morgan fingerprint density at radius 1 is 0.962 bits per heavy atom. The van der Waals surface area contributed by atoms with Gasteiger partial charge in [0.15, 0.2) is 0 Å². The van der Waals surface area contributed by atoms with Crippen molar-refractivity contribution in [2.45, 2.75) is 47.0 Å². The highest BCUT2D eigenvalue weighted by Gasteiger charge is 2.37. The van der Waals surface area contributed by atoms with Gasteiger partial charge >= 0.3 is 0 Å². The molecule has 0 bridgehead atoms. The lowest BCUT2D eigenvalue weighted by Gasteiger charge is -2.34. The molecule has 2 N–H and O–H groups in total. The van der Waals surface area contributed by atoms with E-state index in [-0.39, 0.29) is 36.6 Å². The molecular weight excluding hydrogens is 375 g/mol. The van der Waals surface area contributed by atoms with Crippen molar-refractivity contribution in [3.63, 3.8) is 0 Å². The first-order valence-corrected chi connectivity index (χ1v) is 9.47. The van der Waals surface area contributed by atoms with E-state index in [4.69, 9.17) is 5.73 Å². The number of hydrogen-bond donors (Lipinski definition) is 1. The first kappa shape index (κ1) is 27.7. The van der Waals surface area contributed by atoms with Crippen LogP contribution >= 0.6 is 24.8 Å². The second-order valence-electron chi connectivity index (χ2n) is 6.68. The van der Waals surface area contributed by atoms with Crippen LogP contribution in [0.4, 0.5) is 0 Å².